The minimum atomic E-state index is -3.53. The molecular weight excluding hydrogens is 326 g/mol. The lowest BCUT2D eigenvalue weighted by Gasteiger charge is -2.18. The van der Waals surface area contributed by atoms with Gasteiger partial charge in [-0.15, -0.1) is 0 Å². The van der Waals surface area contributed by atoms with E-state index < -0.39 is 10.0 Å². The fraction of sp³-hybridized carbons (Fsp3) is 0.333. The molecule has 0 spiro atoms. The van der Waals surface area contributed by atoms with Gasteiger partial charge in [0.05, 0.1) is 11.5 Å². The van der Waals surface area contributed by atoms with Gasteiger partial charge in [-0.05, 0) is 42.3 Å². The van der Waals surface area contributed by atoms with Crippen LogP contribution >= 0.6 is 0 Å². The summed E-state index contributed by atoms with van der Waals surface area (Å²) in [6.07, 6.45) is 0.749. The second kappa shape index (κ2) is 6.83. The summed E-state index contributed by atoms with van der Waals surface area (Å²) in [6, 6.07) is 12.7. The first-order chi connectivity index (χ1) is 11.5. The van der Waals surface area contributed by atoms with Gasteiger partial charge in [0.1, 0.15) is 18.1 Å². The first-order valence-electron chi connectivity index (χ1n) is 7.89. The quantitative estimate of drug-likeness (QED) is 0.806. The molecule has 0 unspecified atom stereocenters. The largest absolute Gasteiger partial charge is 0.493 e. The lowest BCUT2D eigenvalue weighted by molar-refractivity contribution is 0.285. The van der Waals surface area contributed by atoms with Crippen LogP contribution in [0.4, 0.5) is 0 Å². The summed E-state index contributed by atoms with van der Waals surface area (Å²) >= 11 is 0. The molecule has 1 heterocycles. The molecule has 3 rings (SSSR count). The highest BCUT2D eigenvalue weighted by Crippen LogP contribution is 2.28. The molecule has 2 aromatic carbocycles. The fourth-order valence-electron chi connectivity index (χ4n) is 2.63. The minimum Gasteiger partial charge on any atom is -0.493 e. The Bertz CT molecular complexity index is 833. The number of ether oxygens (including phenoxy) is 2. The van der Waals surface area contributed by atoms with Crippen molar-refractivity contribution in [1.82, 2.24) is 4.31 Å². The molecule has 24 heavy (non-hydrogen) atoms. The van der Waals surface area contributed by atoms with Crippen LogP contribution in [0.2, 0.25) is 0 Å². The SMILES string of the molecule is Cc1ccccc1OCCN(C)S(=O)(=O)c1ccc2c(c1)CCO2. The van der Waals surface area contributed by atoms with Gasteiger partial charge in [-0.2, -0.15) is 4.31 Å². The molecule has 0 saturated carbocycles. The summed E-state index contributed by atoms with van der Waals surface area (Å²) in [4.78, 5) is 0.296. The van der Waals surface area contributed by atoms with Crippen LogP contribution < -0.4 is 9.47 Å². The van der Waals surface area contributed by atoms with Gasteiger partial charge in [0.25, 0.3) is 0 Å². The van der Waals surface area contributed by atoms with Crippen molar-refractivity contribution >= 4 is 10.0 Å². The van der Waals surface area contributed by atoms with E-state index in [1.165, 1.54) is 4.31 Å². The van der Waals surface area contributed by atoms with Gasteiger partial charge in [-0.1, -0.05) is 18.2 Å². The Morgan fingerprint density at radius 1 is 1.21 bits per heavy atom. The molecule has 0 fully saturated rings. The van der Waals surface area contributed by atoms with Crippen molar-refractivity contribution in [3.8, 4) is 11.5 Å². The van der Waals surface area contributed by atoms with E-state index in [0.29, 0.717) is 18.1 Å². The maximum atomic E-state index is 12.7. The van der Waals surface area contributed by atoms with E-state index in [4.69, 9.17) is 9.47 Å². The number of rotatable bonds is 6. The highest BCUT2D eigenvalue weighted by atomic mass is 32.2. The summed E-state index contributed by atoms with van der Waals surface area (Å²) < 4.78 is 37.8. The zero-order valence-electron chi connectivity index (χ0n) is 13.9. The number of sulfonamides is 1. The molecule has 0 radical (unpaired) electrons. The second-order valence-corrected chi connectivity index (χ2v) is 7.85. The van der Waals surface area contributed by atoms with E-state index in [1.807, 2.05) is 31.2 Å². The van der Waals surface area contributed by atoms with Crippen LogP contribution in [0.5, 0.6) is 11.5 Å². The molecule has 2 aromatic rings. The summed E-state index contributed by atoms with van der Waals surface area (Å²) in [6.45, 7) is 3.15. The number of para-hydroxylation sites is 1. The maximum absolute atomic E-state index is 12.7. The highest BCUT2D eigenvalue weighted by Gasteiger charge is 2.23. The van der Waals surface area contributed by atoms with Gasteiger partial charge in [0.2, 0.25) is 10.0 Å². The van der Waals surface area contributed by atoms with Gasteiger partial charge in [0, 0.05) is 20.0 Å². The predicted octanol–water partition coefficient (Wildman–Crippen LogP) is 2.63. The monoisotopic (exact) mass is 347 g/mol. The first kappa shape index (κ1) is 16.8. The van der Waals surface area contributed by atoms with Crippen LogP contribution in [0.25, 0.3) is 0 Å². The van der Waals surface area contributed by atoms with E-state index in [9.17, 15) is 8.42 Å². The van der Waals surface area contributed by atoms with Crippen molar-refractivity contribution in [2.24, 2.45) is 0 Å². The number of fused-ring (bicyclic) bond motifs is 1. The molecule has 0 amide bonds. The standard InChI is InChI=1S/C18H21NO4S/c1-14-5-3-4-6-17(14)23-12-10-19(2)24(20,21)16-7-8-18-15(13-16)9-11-22-18/h3-8,13H,9-12H2,1-2H3. The van der Waals surface area contributed by atoms with Crippen LogP contribution in [-0.2, 0) is 16.4 Å². The van der Waals surface area contributed by atoms with E-state index in [1.54, 1.807) is 25.2 Å². The summed E-state index contributed by atoms with van der Waals surface area (Å²) in [5.41, 5.74) is 1.97. The second-order valence-electron chi connectivity index (χ2n) is 5.81. The van der Waals surface area contributed by atoms with Crippen LogP contribution in [0.3, 0.4) is 0 Å². The predicted molar refractivity (Wildman–Crippen MR) is 92.1 cm³/mol. The van der Waals surface area contributed by atoms with Gasteiger partial charge >= 0.3 is 0 Å². The van der Waals surface area contributed by atoms with Crippen molar-refractivity contribution < 1.29 is 17.9 Å². The Labute approximate surface area is 142 Å². The first-order valence-corrected chi connectivity index (χ1v) is 9.33. The maximum Gasteiger partial charge on any atom is 0.242 e. The van der Waals surface area contributed by atoms with Gasteiger partial charge < -0.3 is 9.47 Å². The highest BCUT2D eigenvalue weighted by molar-refractivity contribution is 7.89. The van der Waals surface area contributed by atoms with Crippen LogP contribution in [-0.4, -0.2) is 39.5 Å². The van der Waals surface area contributed by atoms with Crippen molar-refractivity contribution in [3.63, 3.8) is 0 Å². The summed E-state index contributed by atoms with van der Waals surface area (Å²) in [5.74, 6) is 1.55. The van der Waals surface area contributed by atoms with E-state index in [0.717, 1.165) is 29.0 Å². The summed E-state index contributed by atoms with van der Waals surface area (Å²) in [7, 11) is -1.96. The van der Waals surface area contributed by atoms with Crippen LogP contribution in [0.15, 0.2) is 47.4 Å². The van der Waals surface area contributed by atoms with E-state index in [-0.39, 0.29) is 6.54 Å². The Morgan fingerprint density at radius 3 is 2.79 bits per heavy atom. The number of likely N-dealkylation sites (N-methyl/N-ethyl adjacent to an activating group) is 1. The average Bonchev–Trinajstić information content (AvgIpc) is 3.04. The third-order valence-electron chi connectivity index (χ3n) is 4.13. The summed E-state index contributed by atoms with van der Waals surface area (Å²) in [5, 5.41) is 0. The Kier molecular flexibility index (Phi) is 4.78. The third-order valence-corrected chi connectivity index (χ3v) is 5.98. The molecule has 0 N–H and O–H groups in total. The van der Waals surface area contributed by atoms with Crippen molar-refractivity contribution in [2.45, 2.75) is 18.2 Å². The average molecular weight is 347 g/mol. The number of hydrogen-bond donors (Lipinski definition) is 0. The third kappa shape index (κ3) is 3.39. The van der Waals surface area contributed by atoms with Gasteiger partial charge in [-0.25, -0.2) is 8.42 Å². The minimum absolute atomic E-state index is 0.282. The smallest absolute Gasteiger partial charge is 0.242 e. The molecule has 0 atom stereocenters. The van der Waals surface area contributed by atoms with Crippen LogP contribution in [0.1, 0.15) is 11.1 Å². The van der Waals surface area contributed by atoms with Crippen molar-refractivity contribution in [1.29, 1.82) is 0 Å². The fourth-order valence-corrected chi connectivity index (χ4v) is 3.83. The molecular formula is C18H21NO4S. The molecule has 1 aliphatic heterocycles. The molecule has 1 aliphatic rings. The van der Waals surface area contributed by atoms with Crippen LogP contribution in [0, 0.1) is 6.92 Å². The van der Waals surface area contributed by atoms with Crippen molar-refractivity contribution in [3.05, 3.63) is 53.6 Å². The number of nitrogens with zero attached hydrogens (tertiary/aromatic N) is 1. The van der Waals surface area contributed by atoms with Gasteiger partial charge in [0.15, 0.2) is 0 Å². The molecule has 6 heteroatoms. The zero-order chi connectivity index (χ0) is 17.2. The molecule has 128 valence electrons. The molecule has 0 bridgehead atoms. The normalized spacial score (nSPS) is 13.6. The lowest BCUT2D eigenvalue weighted by Crippen LogP contribution is -2.31. The number of hydrogen-bond acceptors (Lipinski definition) is 4. The molecule has 5 nitrogen and oxygen atoms in total. The van der Waals surface area contributed by atoms with Crippen molar-refractivity contribution in [2.75, 3.05) is 26.8 Å². The molecule has 0 aromatic heterocycles. The Balaban J connectivity index is 1.65. The van der Waals surface area contributed by atoms with E-state index >= 15 is 0 Å². The lowest BCUT2D eigenvalue weighted by atomic mass is 10.2. The number of benzene rings is 2. The topological polar surface area (TPSA) is 55.8 Å². The Morgan fingerprint density at radius 2 is 2.00 bits per heavy atom. The molecule has 0 saturated heterocycles. The Hall–Kier alpha value is -2.05. The van der Waals surface area contributed by atoms with Gasteiger partial charge in [-0.3, -0.25) is 0 Å². The van der Waals surface area contributed by atoms with E-state index in [2.05, 4.69) is 0 Å². The zero-order valence-corrected chi connectivity index (χ0v) is 14.7. The number of aryl methyl sites for hydroxylation is 1. The molecule has 0 aliphatic carbocycles.